The highest BCUT2D eigenvalue weighted by Crippen LogP contribution is 2.16. The number of nitrogens with zero attached hydrogens (tertiary/aromatic N) is 1. The van der Waals surface area contributed by atoms with E-state index in [9.17, 15) is 9.59 Å². The second-order valence-corrected chi connectivity index (χ2v) is 7.73. The third-order valence-corrected chi connectivity index (χ3v) is 4.10. The number of rotatable bonds is 7. The van der Waals surface area contributed by atoms with Gasteiger partial charge in [0.15, 0.2) is 0 Å². The van der Waals surface area contributed by atoms with Crippen molar-refractivity contribution >= 4 is 11.8 Å². The Bertz CT molecular complexity index is 605. The third kappa shape index (κ3) is 7.69. The van der Waals surface area contributed by atoms with Crippen LogP contribution in [0.5, 0.6) is 0 Å². The van der Waals surface area contributed by atoms with E-state index in [-0.39, 0.29) is 36.5 Å². The van der Waals surface area contributed by atoms with Gasteiger partial charge in [0.05, 0.1) is 19.1 Å². The van der Waals surface area contributed by atoms with Crippen LogP contribution in [0.25, 0.3) is 0 Å². The number of nitrogens with one attached hydrogen (secondary N) is 2. The summed E-state index contributed by atoms with van der Waals surface area (Å²) >= 11 is 0. The quantitative estimate of drug-likeness (QED) is 0.797. The van der Waals surface area contributed by atoms with Crippen LogP contribution in [0.3, 0.4) is 0 Å². The Morgan fingerprint density at radius 3 is 2.20 bits per heavy atom. The summed E-state index contributed by atoms with van der Waals surface area (Å²) < 4.78 is 0. The van der Waals surface area contributed by atoms with Crippen LogP contribution in [-0.2, 0) is 9.59 Å². The molecule has 0 aliphatic heterocycles. The average Bonchev–Trinajstić information content (AvgIpc) is 2.47. The molecule has 5 heteroatoms. The molecular formula is C20H33N3O2. The normalized spacial score (nSPS) is 12.8. The molecule has 1 aromatic carbocycles. The molecular weight excluding hydrogens is 314 g/mol. The standard InChI is InChI=1S/C20H33N3O2/c1-8-23(13-19(25)22-20(5,6)7)12-18(24)21-16(4)17-10-9-14(2)15(3)11-17/h9-11,16H,8,12-13H2,1-7H3,(H,21,24)(H,22,25)/t16-/m1/s1. The Hall–Kier alpha value is -1.88. The molecule has 1 rings (SSSR count). The van der Waals surface area contributed by atoms with E-state index in [4.69, 9.17) is 0 Å². The molecule has 1 atom stereocenters. The molecule has 0 fully saturated rings. The lowest BCUT2D eigenvalue weighted by molar-refractivity contribution is -0.126. The third-order valence-electron chi connectivity index (χ3n) is 4.10. The SMILES string of the molecule is CCN(CC(=O)N[C@H](C)c1ccc(C)c(C)c1)CC(=O)NC(C)(C)C. The molecule has 0 aromatic heterocycles. The minimum atomic E-state index is -0.267. The van der Waals surface area contributed by atoms with Crippen molar-refractivity contribution in [1.29, 1.82) is 0 Å². The van der Waals surface area contributed by atoms with Crippen LogP contribution in [0.15, 0.2) is 18.2 Å². The molecule has 0 aliphatic carbocycles. The Morgan fingerprint density at radius 2 is 1.68 bits per heavy atom. The van der Waals surface area contributed by atoms with Crippen molar-refractivity contribution in [3.05, 3.63) is 34.9 Å². The summed E-state index contributed by atoms with van der Waals surface area (Å²) in [5, 5.41) is 5.94. The highest BCUT2D eigenvalue weighted by Gasteiger charge is 2.18. The number of carbonyl (C=O) groups excluding carboxylic acids is 2. The lowest BCUT2D eigenvalue weighted by Crippen LogP contribution is -2.48. The number of carbonyl (C=O) groups is 2. The van der Waals surface area contributed by atoms with E-state index in [0.29, 0.717) is 6.54 Å². The van der Waals surface area contributed by atoms with Crippen LogP contribution in [0.1, 0.15) is 57.4 Å². The molecule has 140 valence electrons. The molecule has 0 radical (unpaired) electrons. The van der Waals surface area contributed by atoms with Crippen LogP contribution in [-0.4, -0.2) is 41.9 Å². The second kappa shape index (κ2) is 8.99. The van der Waals surface area contributed by atoms with Gasteiger partial charge in [-0.05, 0) is 64.8 Å². The number of hydrogen-bond donors (Lipinski definition) is 2. The summed E-state index contributed by atoms with van der Waals surface area (Å²) in [4.78, 5) is 26.2. The van der Waals surface area contributed by atoms with Gasteiger partial charge < -0.3 is 10.6 Å². The van der Waals surface area contributed by atoms with Gasteiger partial charge in [0.25, 0.3) is 0 Å². The zero-order valence-electron chi connectivity index (χ0n) is 16.7. The summed E-state index contributed by atoms with van der Waals surface area (Å²) in [5.41, 5.74) is 3.28. The fourth-order valence-electron chi connectivity index (χ4n) is 2.55. The van der Waals surface area contributed by atoms with Gasteiger partial charge in [0, 0.05) is 5.54 Å². The van der Waals surface area contributed by atoms with Crippen molar-refractivity contribution in [3.8, 4) is 0 Å². The summed E-state index contributed by atoms with van der Waals surface area (Å²) in [7, 11) is 0. The van der Waals surface area contributed by atoms with Crippen molar-refractivity contribution in [2.75, 3.05) is 19.6 Å². The Kier molecular flexibility index (Phi) is 7.61. The molecule has 0 heterocycles. The van der Waals surface area contributed by atoms with E-state index >= 15 is 0 Å². The van der Waals surface area contributed by atoms with Crippen molar-refractivity contribution in [2.45, 2.75) is 60.0 Å². The molecule has 0 saturated heterocycles. The molecule has 0 bridgehead atoms. The van der Waals surface area contributed by atoms with Gasteiger partial charge in [-0.15, -0.1) is 0 Å². The average molecular weight is 348 g/mol. The van der Waals surface area contributed by atoms with Crippen LogP contribution in [0.2, 0.25) is 0 Å². The minimum absolute atomic E-state index is 0.0612. The molecule has 1 aromatic rings. The molecule has 25 heavy (non-hydrogen) atoms. The predicted molar refractivity (Wildman–Crippen MR) is 102 cm³/mol. The first-order chi connectivity index (χ1) is 11.5. The number of hydrogen-bond acceptors (Lipinski definition) is 3. The Balaban J connectivity index is 2.57. The molecule has 2 N–H and O–H groups in total. The fraction of sp³-hybridized carbons (Fsp3) is 0.600. The largest absolute Gasteiger partial charge is 0.350 e. The maximum atomic E-state index is 12.3. The van der Waals surface area contributed by atoms with E-state index < -0.39 is 0 Å². The number of benzene rings is 1. The van der Waals surface area contributed by atoms with Crippen molar-refractivity contribution in [2.24, 2.45) is 0 Å². The number of amides is 2. The zero-order valence-corrected chi connectivity index (χ0v) is 16.7. The van der Waals surface area contributed by atoms with Gasteiger partial charge in [-0.2, -0.15) is 0 Å². The van der Waals surface area contributed by atoms with Gasteiger partial charge in [0.2, 0.25) is 11.8 Å². The van der Waals surface area contributed by atoms with Gasteiger partial charge in [0.1, 0.15) is 0 Å². The van der Waals surface area contributed by atoms with E-state index in [2.05, 4.69) is 36.6 Å². The first-order valence-corrected chi connectivity index (χ1v) is 8.91. The van der Waals surface area contributed by atoms with Gasteiger partial charge in [-0.1, -0.05) is 25.1 Å². The summed E-state index contributed by atoms with van der Waals surface area (Å²) in [6.07, 6.45) is 0. The molecule has 0 saturated carbocycles. The molecule has 0 spiro atoms. The van der Waals surface area contributed by atoms with E-state index in [0.717, 1.165) is 5.56 Å². The molecule has 0 unspecified atom stereocenters. The summed E-state index contributed by atoms with van der Waals surface area (Å²) in [5.74, 6) is -0.138. The van der Waals surface area contributed by atoms with Crippen molar-refractivity contribution in [3.63, 3.8) is 0 Å². The Labute approximate surface area is 152 Å². The lowest BCUT2D eigenvalue weighted by atomic mass is 10.0. The lowest BCUT2D eigenvalue weighted by Gasteiger charge is -2.25. The van der Waals surface area contributed by atoms with Crippen LogP contribution >= 0.6 is 0 Å². The highest BCUT2D eigenvalue weighted by atomic mass is 16.2. The molecule has 2 amide bonds. The molecule has 5 nitrogen and oxygen atoms in total. The summed E-state index contributed by atoms with van der Waals surface area (Å²) in [6, 6.07) is 6.16. The molecule has 0 aliphatic rings. The second-order valence-electron chi connectivity index (χ2n) is 7.73. The van der Waals surface area contributed by atoms with E-state index in [1.54, 1.807) is 0 Å². The van der Waals surface area contributed by atoms with Crippen LogP contribution < -0.4 is 10.6 Å². The monoisotopic (exact) mass is 347 g/mol. The minimum Gasteiger partial charge on any atom is -0.350 e. The Morgan fingerprint density at radius 1 is 1.08 bits per heavy atom. The number of likely N-dealkylation sites (N-methyl/N-ethyl adjacent to an activating group) is 1. The highest BCUT2D eigenvalue weighted by molar-refractivity contribution is 5.81. The first kappa shape index (κ1) is 21.2. The van der Waals surface area contributed by atoms with Crippen molar-refractivity contribution in [1.82, 2.24) is 15.5 Å². The maximum Gasteiger partial charge on any atom is 0.234 e. The van der Waals surface area contributed by atoms with Gasteiger partial charge in [-0.3, -0.25) is 14.5 Å². The maximum absolute atomic E-state index is 12.3. The first-order valence-electron chi connectivity index (χ1n) is 8.91. The van der Waals surface area contributed by atoms with E-state index in [1.165, 1.54) is 11.1 Å². The van der Waals surface area contributed by atoms with Crippen LogP contribution in [0, 0.1) is 13.8 Å². The summed E-state index contributed by atoms with van der Waals surface area (Å²) in [6.45, 7) is 15.0. The van der Waals surface area contributed by atoms with E-state index in [1.807, 2.05) is 45.6 Å². The van der Waals surface area contributed by atoms with Gasteiger partial charge in [-0.25, -0.2) is 0 Å². The van der Waals surface area contributed by atoms with Gasteiger partial charge >= 0.3 is 0 Å². The van der Waals surface area contributed by atoms with Crippen LogP contribution in [0.4, 0.5) is 0 Å². The number of aryl methyl sites for hydroxylation is 2. The topological polar surface area (TPSA) is 61.4 Å². The fourth-order valence-corrected chi connectivity index (χ4v) is 2.55. The van der Waals surface area contributed by atoms with Crippen molar-refractivity contribution < 1.29 is 9.59 Å². The predicted octanol–water partition coefficient (Wildman–Crippen LogP) is 2.72. The smallest absolute Gasteiger partial charge is 0.234 e. The zero-order chi connectivity index (χ0) is 19.2.